The Balaban J connectivity index is 2.43. The van der Waals surface area contributed by atoms with Gasteiger partial charge in [-0.05, 0) is 16.9 Å². The summed E-state index contributed by atoms with van der Waals surface area (Å²) in [5.41, 5.74) is 5.97. The molecule has 0 bridgehead atoms. The highest BCUT2D eigenvalue weighted by Crippen LogP contribution is 2.19. The zero-order valence-corrected chi connectivity index (χ0v) is 10.0. The van der Waals surface area contributed by atoms with Gasteiger partial charge in [0.15, 0.2) is 0 Å². The normalized spacial score (nSPS) is 14.3. The zero-order chi connectivity index (χ0) is 10.6. The second kappa shape index (κ2) is 4.91. The van der Waals surface area contributed by atoms with Crippen LogP contribution in [0.5, 0.6) is 0 Å². The molecular formula is C11H20N2S. The van der Waals surface area contributed by atoms with E-state index in [9.17, 15) is 0 Å². The summed E-state index contributed by atoms with van der Waals surface area (Å²) in [6, 6.07) is 4.61. The van der Waals surface area contributed by atoms with Gasteiger partial charge < -0.3 is 11.1 Å². The fourth-order valence-electron chi connectivity index (χ4n) is 1.38. The monoisotopic (exact) mass is 212 g/mol. The molecule has 2 nitrogen and oxygen atoms in total. The van der Waals surface area contributed by atoms with Crippen LogP contribution in [-0.4, -0.2) is 12.6 Å². The topological polar surface area (TPSA) is 38.0 Å². The van der Waals surface area contributed by atoms with Crippen molar-refractivity contribution in [1.29, 1.82) is 0 Å². The van der Waals surface area contributed by atoms with Crippen LogP contribution in [0.4, 0.5) is 0 Å². The van der Waals surface area contributed by atoms with Crippen molar-refractivity contribution < 1.29 is 0 Å². The lowest BCUT2D eigenvalue weighted by atomic mass is 9.87. The fraction of sp³-hybridized carbons (Fsp3) is 0.636. The van der Waals surface area contributed by atoms with E-state index in [4.69, 9.17) is 5.73 Å². The van der Waals surface area contributed by atoms with E-state index >= 15 is 0 Å². The summed E-state index contributed by atoms with van der Waals surface area (Å²) >= 11 is 1.78. The Hall–Kier alpha value is -0.380. The zero-order valence-electron chi connectivity index (χ0n) is 9.21. The third-order valence-corrected chi connectivity index (χ3v) is 3.26. The summed E-state index contributed by atoms with van der Waals surface area (Å²) in [5, 5.41) is 5.60. The van der Waals surface area contributed by atoms with E-state index in [0.29, 0.717) is 12.6 Å². The average molecular weight is 212 g/mol. The number of rotatable bonds is 4. The highest BCUT2D eigenvalue weighted by Gasteiger charge is 2.22. The van der Waals surface area contributed by atoms with Gasteiger partial charge >= 0.3 is 0 Å². The number of nitrogens with two attached hydrogens (primary N) is 1. The molecule has 0 saturated carbocycles. The molecule has 0 aromatic carbocycles. The van der Waals surface area contributed by atoms with Crippen LogP contribution in [0.25, 0.3) is 0 Å². The Bertz CT molecular complexity index is 249. The van der Waals surface area contributed by atoms with Crippen LogP contribution < -0.4 is 11.1 Å². The van der Waals surface area contributed by atoms with E-state index in [0.717, 1.165) is 6.54 Å². The van der Waals surface area contributed by atoms with Gasteiger partial charge in [0, 0.05) is 24.0 Å². The lowest BCUT2D eigenvalue weighted by molar-refractivity contribution is 0.273. The molecule has 0 saturated heterocycles. The van der Waals surface area contributed by atoms with Crippen LogP contribution in [-0.2, 0) is 6.54 Å². The molecule has 0 amide bonds. The molecule has 1 heterocycles. The second-order valence-corrected chi connectivity index (χ2v) is 5.65. The van der Waals surface area contributed by atoms with Crippen molar-refractivity contribution in [3.8, 4) is 0 Å². The molecule has 1 rings (SSSR count). The maximum Gasteiger partial charge on any atom is 0.0303 e. The van der Waals surface area contributed by atoms with E-state index < -0.39 is 0 Å². The van der Waals surface area contributed by atoms with Crippen LogP contribution in [0.3, 0.4) is 0 Å². The van der Waals surface area contributed by atoms with Crippen molar-refractivity contribution in [2.45, 2.75) is 33.4 Å². The SMILES string of the molecule is CC(C)(C)C(CN)NCc1cccs1. The quantitative estimate of drug-likeness (QED) is 0.803. The van der Waals surface area contributed by atoms with Crippen molar-refractivity contribution >= 4 is 11.3 Å². The maximum atomic E-state index is 5.74. The van der Waals surface area contributed by atoms with Gasteiger partial charge in [-0.15, -0.1) is 11.3 Å². The molecule has 1 unspecified atom stereocenters. The van der Waals surface area contributed by atoms with E-state index in [-0.39, 0.29) is 5.41 Å². The lowest BCUT2D eigenvalue weighted by Crippen LogP contribution is -2.45. The molecule has 0 radical (unpaired) electrons. The van der Waals surface area contributed by atoms with Gasteiger partial charge in [-0.25, -0.2) is 0 Å². The van der Waals surface area contributed by atoms with Crippen LogP contribution >= 0.6 is 11.3 Å². The summed E-state index contributed by atoms with van der Waals surface area (Å²) in [6.07, 6.45) is 0. The Morgan fingerprint density at radius 3 is 2.64 bits per heavy atom. The van der Waals surface area contributed by atoms with Gasteiger partial charge in [0.2, 0.25) is 0 Å². The van der Waals surface area contributed by atoms with Crippen molar-refractivity contribution in [3.63, 3.8) is 0 Å². The maximum absolute atomic E-state index is 5.74. The number of thiophene rings is 1. The number of hydrogen-bond acceptors (Lipinski definition) is 3. The first-order valence-electron chi connectivity index (χ1n) is 5.00. The van der Waals surface area contributed by atoms with E-state index in [1.54, 1.807) is 11.3 Å². The Morgan fingerprint density at radius 1 is 1.50 bits per heavy atom. The van der Waals surface area contributed by atoms with E-state index in [2.05, 4.69) is 43.6 Å². The molecule has 0 fully saturated rings. The van der Waals surface area contributed by atoms with Gasteiger partial charge in [-0.2, -0.15) is 0 Å². The largest absolute Gasteiger partial charge is 0.329 e. The predicted octanol–water partition coefficient (Wildman–Crippen LogP) is 2.21. The molecule has 80 valence electrons. The fourth-order valence-corrected chi connectivity index (χ4v) is 2.04. The van der Waals surface area contributed by atoms with Gasteiger partial charge in [0.05, 0.1) is 0 Å². The minimum absolute atomic E-state index is 0.228. The number of hydrogen-bond donors (Lipinski definition) is 2. The first-order chi connectivity index (χ1) is 6.54. The minimum atomic E-state index is 0.228. The molecular weight excluding hydrogens is 192 g/mol. The highest BCUT2D eigenvalue weighted by atomic mass is 32.1. The molecule has 0 aliphatic carbocycles. The predicted molar refractivity (Wildman–Crippen MR) is 63.5 cm³/mol. The standard InChI is InChI=1S/C11H20N2S/c1-11(2,3)10(7-12)13-8-9-5-4-6-14-9/h4-6,10,13H,7-8,12H2,1-3H3. The third-order valence-electron chi connectivity index (χ3n) is 2.38. The van der Waals surface area contributed by atoms with Crippen molar-refractivity contribution in [2.75, 3.05) is 6.54 Å². The second-order valence-electron chi connectivity index (χ2n) is 4.61. The van der Waals surface area contributed by atoms with Gasteiger partial charge in [0.25, 0.3) is 0 Å². The molecule has 1 atom stereocenters. The Kier molecular flexibility index (Phi) is 4.11. The first kappa shape index (κ1) is 11.7. The third kappa shape index (κ3) is 3.40. The first-order valence-corrected chi connectivity index (χ1v) is 5.88. The molecule has 3 N–H and O–H groups in total. The van der Waals surface area contributed by atoms with Crippen LogP contribution in [0, 0.1) is 5.41 Å². The number of nitrogens with one attached hydrogen (secondary N) is 1. The van der Waals surface area contributed by atoms with Crippen molar-refractivity contribution in [3.05, 3.63) is 22.4 Å². The Labute approximate surface area is 90.5 Å². The van der Waals surface area contributed by atoms with Crippen LogP contribution in [0.15, 0.2) is 17.5 Å². The molecule has 0 spiro atoms. The average Bonchev–Trinajstić information content (AvgIpc) is 2.55. The van der Waals surface area contributed by atoms with Crippen molar-refractivity contribution in [2.24, 2.45) is 11.1 Å². The van der Waals surface area contributed by atoms with Crippen LogP contribution in [0.2, 0.25) is 0 Å². The molecule has 1 aromatic heterocycles. The summed E-state index contributed by atoms with van der Waals surface area (Å²) in [5.74, 6) is 0. The molecule has 3 heteroatoms. The van der Waals surface area contributed by atoms with E-state index in [1.807, 2.05) is 0 Å². The highest BCUT2D eigenvalue weighted by molar-refractivity contribution is 7.09. The lowest BCUT2D eigenvalue weighted by Gasteiger charge is -2.30. The van der Waals surface area contributed by atoms with Gasteiger partial charge in [-0.3, -0.25) is 0 Å². The van der Waals surface area contributed by atoms with Gasteiger partial charge in [0.1, 0.15) is 0 Å². The molecule has 0 aliphatic heterocycles. The smallest absolute Gasteiger partial charge is 0.0303 e. The molecule has 1 aromatic rings. The molecule has 14 heavy (non-hydrogen) atoms. The Morgan fingerprint density at radius 2 is 2.21 bits per heavy atom. The summed E-state index contributed by atoms with van der Waals surface area (Å²) in [7, 11) is 0. The van der Waals surface area contributed by atoms with E-state index in [1.165, 1.54) is 4.88 Å². The molecule has 0 aliphatic rings. The minimum Gasteiger partial charge on any atom is -0.329 e. The van der Waals surface area contributed by atoms with Gasteiger partial charge in [-0.1, -0.05) is 26.8 Å². The summed E-state index contributed by atoms with van der Waals surface area (Å²) < 4.78 is 0. The van der Waals surface area contributed by atoms with Crippen LogP contribution in [0.1, 0.15) is 25.6 Å². The van der Waals surface area contributed by atoms with Crippen molar-refractivity contribution in [1.82, 2.24) is 5.32 Å². The summed E-state index contributed by atoms with van der Waals surface area (Å²) in [4.78, 5) is 1.37. The summed E-state index contributed by atoms with van der Waals surface area (Å²) in [6.45, 7) is 8.26.